The summed E-state index contributed by atoms with van der Waals surface area (Å²) in [5.74, 6) is -1.94. The standard InChI is InChI=1S/C10H12O4/c11-9(12)7-5-3-1-2-4-6-8-10(13)14/h1-2,5-8H,3-4H2,(H,11,12)(H,13,14)/b2-1?,7-5-,8-6?. The number of carbonyl (C=O) groups is 2. The Morgan fingerprint density at radius 2 is 1.14 bits per heavy atom. The van der Waals surface area contributed by atoms with E-state index >= 15 is 0 Å². The minimum absolute atomic E-state index is 0.535. The van der Waals surface area contributed by atoms with Gasteiger partial charge in [-0.25, -0.2) is 9.59 Å². The lowest BCUT2D eigenvalue weighted by atomic mass is 10.3. The SMILES string of the molecule is O=C(O)C=CCC=CC/C=C\C(=O)O. The first kappa shape index (κ1) is 12.2. The summed E-state index contributed by atoms with van der Waals surface area (Å²) in [6.45, 7) is 0. The summed E-state index contributed by atoms with van der Waals surface area (Å²) in [5.41, 5.74) is 0. The van der Waals surface area contributed by atoms with Gasteiger partial charge >= 0.3 is 11.9 Å². The molecule has 0 spiro atoms. The van der Waals surface area contributed by atoms with Crippen molar-refractivity contribution in [2.24, 2.45) is 0 Å². The van der Waals surface area contributed by atoms with Gasteiger partial charge in [0.05, 0.1) is 0 Å². The first-order valence-electron chi connectivity index (χ1n) is 4.07. The molecule has 0 aliphatic heterocycles. The Morgan fingerprint density at radius 3 is 1.43 bits per heavy atom. The van der Waals surface area contributed by atoms with E-state index in [0.717, 1.165) is 12.2 Å². The van der Waals surface area contributed by atoms with Crippen LogP contribution in [-0.4, -0.2) is 22.2 Å². The van der Waals surface area contributed by atoms with Crippen LogP contribution in [0.15, 0.2) is 36.5 Å². The summed E-state index contributed by atoms with van der Waals surface area (Å²) in [4.78, 5) is 20.0. The molecule has 4 nitrogen and oxygen atoms in total. The molecule has 2 N–H and O–H groups in total. The van der Waals surface area contributed by atoms with Gasteiger partial charge in [-0.1, -0.05) is 24.3 Å². The molecule has 0 rings (SSSR count). The fraction of sp³-hybridized carbons (Fsp3) is 0.200. The van der Waals surface area contributed by atoms with Crippen LogP contribution in [0.5, 0.6) is 0 Å². The first-order chi connectivity index (χ1) is 6.63. The van der Waals surface area contributed by atoms with Crippen LogP contribution in [0.3, 0.4) is 0 Å². The molecule has 0 aromatic rings. The number of aliphatic carboxylic acids is 2. The number of rotatable bonds is 6. The van der Waals surface area contributed by atoms with Gasteiger partial charge in [-0.3, -0.25) is 0 Å². The van der Waals surface area contributed by atoms with Crippen molar-refractivity contribution in [1.82, 2.24) is 0 Å². The third-order valence-electron chi connectivity index (χ3n) is 1.23. The lowest BCUT2D eigenvalue weighted by Gasteiger charge is -1.82. The predicted molar refractivity (Wildman–Crippen MR) is 51.9 cm³/mol. The normalized spacial score (nSPS) is 11.7. The Morgan fingerprint density at radius 1 is 0.786 bits per heavy atom. The zero-order chi connectivity index (χ0) is 10.8. The molecule has 0 saturated heterocycles. The molecule has 0 amide bonds. The summed E-state index contributed by atoms with van der Waals surface area (Å²) in [7, 11) is 0. The Bertz CT molecular complexity index is 246. The summed E-state index contributed by atoms with van der Waals surface area (Å²) in [6.07, 6.45) is 9.77. The molecule has 76 valence electrons. The Labute approximate surface area is 81.9 Å². The van der Waals surface area contributed by atoms with Crippen molar-refractivity contribution in [3.8, 4) is 0 Å². The van der Waals surface area contributed by atoms with Crippen molar-refractivity contribution in [3.63, 3.8) is 0 Å². The molecular formula is C10H12O4. The molecular weight excluding hydrogens is 184 g/mol. The van der Waals surface area contributed by atoms with E-state index in [1.807, 2.05) is 0 Å². The topological polar surface area (TPSA) is 74.6 Å². The molecule has 0 heterocycles. The molecule has 0 radical (unpaired) electrons. The fourth-order valence-electron chi connectivity index (χ4n) is 0.687. The van der Waals surface area contributed by atoms with Gasteiger partial charge in [0.1, 0.15) is 0 Å². The van der Waals surface area contributed by atoms with Crippen LogP contribution in [0.4, 0.5) is 0 Å². The number of hydrogen-bond acceptors (Lipinski definition) is 2. The maximum absolute atomic E-state index is 10.0. The molecule has 0 unspecified atom stereocenters. The lowest BCUT2D eigenvalue weighted by molar-refractivity contribution is -0.132. The smallest absolute Gasteiger partial charge is 0.327 e. The van der Waals surface area contributed by atoms with Gasteiger partial charge in [0.25, 0.3) is 0 Å². The maximum atomic E-state index is 10.0. The van der Waals surface area contributed by atoms with Gasteiger partial charge in [0, 0.05) is 12.2 Å². The number of hydrogen-bond donors (Lipinski definition) is 2. The number of carboxylic acid groups (broad SMARTS) is 2. The van der Waals surface area contributed by atoms with Crippen molar-refractivity contribution in [3.05, 3.63) is 36.5 Å². The van der Waals surface area contributed by atoms with Crippen LogP contribution < -0.4 is 0 Å². The molecule has 0 atom stereocenters. The van der Waals surface area contributed by atoms with Gasteiger partial charge in [-0.05, 0) is 12.8 Å². The van der Waals surface area contributed by atoms with Crippen molar-refractivity contribution in [1.29, 1.82) is 0 Å². The highest BCUT2D eigenvalue weighted by atomic mass is 16.4. The monoisotopic (exact) mass is 196 g/mol. The highest BCUT2D eigenvalue weighted by Crippen LogP contribution is 1.90. The molecule has 0 bridgehead atoms. The van der Waals surface area contributed by atoms with Crippen LogP contribution in [0.25, 0.3) is 0 Å². The van der Waals surface area contributed by atoms with Crippen LogP contribution in [0.1, 0.15) is 12.8 Å². The molecule has 14 heavy (non-hydrogen) atoms. The van der Waals surface area contributed by atoms with E-state index in [1.54, 1.807) is 12.2 Å². The van der Waals surface area contributed by atoms with Crippen molar-refractivity contribution in [2.75, 3.05) is 0 Å². The second-order valence-corrected chi connectivity index (χ2v) is 2.42. The average molecular weight is 196 g/mol. The van der Waals surface area contributed by atoms with E-state index in [-0.39, 0.29) is 0 Å². The summed E-state index contributed by atoms with van der Waals surface area (Å²) < 4.78 is 0. The Hall–Kier alpha value is -1.84. The van der Waals surface area contributed by atoms with E-state index in [0.29, 0.717) is 12.8 Å². The number of allylic oxidation sites excluding steroid dienone is 4. The van der Waals surface area contributed by atoms with Gasteiger partial charge in [-0.15, -0.1) is 0 Å². The molecule has 0 aliphatic carbocycles. The van der Waals surface area contributed by atoms with E-state index in [9.17, 15) is 9.59 Å². The third kappa shape index (κ3) is 10.2. The van der Waals surface area contributed by atoms with E-state index in [2.05, 4.69) is 0 Å². The zero-order valence-electron chi connectivity index (χ0n) is 7.59. The molecule has 0 aliphatic rings. The second kappa shape index (κ2) is 7.79. The molecule has 0 saturated carbocycles. The van der Waals surface area contributed by atoms with Crippen molar-refractivity contribution in [2.45, 2.75) is 12.8 Å². The molecule has 4 heteroatoms. The molecule has 0 fully saturated rings. The molecule has 0 aromatic carbocycles. The van der Waals surface area contributed by atoms with Crippen LogP contribution in [-0.2, 0) is 9.59 Å². The zero-order valence-corrected chi connectivity index (χ0v) is 7.59. The highest BCUT2D eigenvalue weighted by Gasteiger charge is 1.83. The van der Waals surface area contributed by atoms with Crippen LogP contribution in [0, 0.1) is 0 Å². The quantitative estimate of drug-likeness (QED) is 0.500. The van der Waals surface area contributed by atoms with E-state index in [4.69, 9.17) is 10.2 Å². The average Bonchev–Trinajstić information content (AvgIpc) is 2.08. The largest absolute Gasteiger partial charge is 0.478 e. The minimum atomic E-state index is -0.968. The first-order valence-corrected chi connectivity index (χ1v) is 4.07. The molecule has 0 aromatic heterocycles. The van der Waals surface area contributed by atoms with E-state index in [1.165, 1.54) is 12.2 Å². The van der Waals surface area contributed by atoms with Gasteiger partial charge < -0.3 is 10.2 Å². The van der Waals surface area contributed by atoms with Gasteiger partial charge in [-0.2, -0.15) is 0 Å². The lowest BCUT2D eigenvalue weighted by Crippen LogP contribution is -1.85. The summed E-state index contributed by atoms with van der Waals surface area (Å²) >= 11 is 0. The van der Waals surface area contributed by atoms with Crippen molar-refractivity contribution < 1.29 is 19.8 Å². The highest BCUT2D eigenvalue weighted by molar-refractivity contribution is 5.80. The third-order valence-corrected chi connectivity index (χ3v) is 1.23. The summed E-state index contributed by atoms with van der Waals surface area (Å²) in [6, 6.07) is 0. The summed E-state index contributed by atoms with van der Waals surface area (Å²) in [5, 5.41) is 16.5. The Kier molecular flexibility index (Phi) is 6.77. The predicted octanol–water partition coefficient (Wildman–Crippen LogP) is 1.60. The number of carboxylic acids is 2. The van der Waals surface area contributed by atoms with Crippen LogP contribution in [0.2, 0.25) is 0 Å². The second-order valence-electron chi connectivity index (χ2n) is 2.42. The maximum Gasteiger partial charge on any atom is 0.327 e. The Balaban J connectivity index is 3.55. The van der Waals surface area contributed by atoms with Gasteiger partial charge in [0.15, 0.2) is 0 Å². The van der Waals surface area contributed by atoms with Crippen LogP contribution >= 0.6 is 0 Å². The van der Waals surface area contributed by atoms with E-state index < -0.39 is 11.9 Å². The van der Waals surface area contributed by atoms with Crippen molar-refractivity contribution >= 4 is 11.9 Å². The minimum Gasteiger partial charge on any atom is -0.478 e. The fourth-order valence-corrected chi connectivity index (χ4v) is 0.687. The van der Waals surface area contributed by atoms with Gasteiger partial charge in [0.2, 0.25) is 0 Å².